The number of nitrogens with one attached hydrogen (secondary N) is 2. The van der Waals surface area contributed by atoms with Gasteiger partial charge in [0, 0.05) is 27.2 Å². The third kappa shape index (κ3) is 7.83. The van der Waals surface area contributed by atoms with Crippen LogP contribution in [0.15, 0.2) is 65.8 Å². The Bertz CT molecular complexity index is 945. The second-order valence-corrected chi connectivity index (χ2v) is 7.19. The predicted octanol–water partition coefficient (Wildman–Crippen LogP) is 4.32. The second-order valence-electron chi connectivity index (χ2n) is 7.19. The minimum absolute atomic E-state index is 0. The lowest BCUT2D eigenvalue weighted by atomic mass is 10.2. The highest BCUT2D eigenvalue weighted by Gasteiger charge is 2.09. The van der Waals surface area contributed by atoms with Crippen LogP contribution < -0.4 is 10.1 Å². The Morgan fingerprint density at radius 3 is 2.56 bits per heavy atom. The summed E-state index contributed by atoms with van der Waals surface area (Å²) in [6, 6.07) is 18.1. The molecule has 0 spiro atoms. The van der Waals surface area contributed by atoms with Gasteiger partial charge in [0.25, 0.3) is 0 Å². The molecule has 8 heteroatoms. The van der Waals surface area contributed by atoms with Crippen LogP contribution in [0.1, 0.15) is 17.8 Å². The molecule has 0 bridgehead atoms. The molecule has 0 aliphatic heterocycles. The molecular weight excluding hydrogens is 517 g/mol. The van der Waals surface area contributed by atoms with Gasteiger partial charge in [-0.15, -0.1) is 24.0 Å². The number of ether oxygens (including phenoxy) is 2. The van der Waals surface area contributed by atoms with E-state index in [1.54, 1.807) is 14.2 Å². The number of imidazole rings is 1. The molecule has 0 saturated carbocycles. The van der Waals surface area contributed by atoms with Crippen LogP contribution >= 0.6 is 24.0 Å². The number of aliphatic imine (C=N–C) groups is 1. The summed E-state index contributed by atoms with van der Waals surface area (Å²) in [5.74, 6) is 2.58. The molecule has 0 radical (unpaired) electrons. The lowest BCUT2D eigenvalue weighted by Crippen LogP contribution is -2.39. The highest BCUT2D eigenvalue weighted by atomic mass is 127. The number of aromatic nitrogens is 2. The van der Waals surface area contributed by atoms with Crippen molar-refractivity contribution in [3.8, 4) is 17.0 Å². The van der Waals surface area contributed by atoms with Crippen molar-refractivity contribution in [1.82, 2.24) is 20.2 Å². The quantitative estimate of drug-likeness (QED) is 0.171. The minimum atomic E-state index is 0. The topological polar surface area (TPSA) is 74.8 Å². The summed E-state index contributed by atoms with van der Waals surface area (Å²) in [4.78, 5) is 14.3. The van der Waals surface area contributed by atoms with Crippen molar-refractivity contribution in [2.24, 2.45) is 4.99 Å². The molecule has 172 valence electrons. The number of guanidine groups is 1. The number of methoxy groups -OCH3 is 1. The fourth-order valence-corrected chi connectivity index (χ4v) is 3.18. The van der Waals surface area contributed by atoms with Crippen LogP contribution in [0.2, 0.25) is 0 Å². The number of aromatic amines is 1. The van der Waals surface area contributed by atoms with Crippen molar-refractivity contribution in [2.45, 2.75) is 19.6 Å². The van der Waals surface area contributed by atoms with E-state index < -0.39 is 0 Å². The molecule has 0 atom stereocenters. The SMILES string of the molecule is CN=C(NCCCOCc1ccc(OC)cc1)N(C)Cc1ncc(-c2ccccc2)[nH]1.I. The lowest BCUT2D eigenvalue weighted by Gasteiger charge is -2.21. The van der Waals surface area contributed by atoms with E-state index in [-0.39, 0.29) is 24.0 Å². The van der Waals surface area contributed by atoms with Crippen LogP contribution in [0, 0.1) is 0 Å². The third-order valence-electron chi connectivity index (χ3n) is 4.85. The standard InChI is InChI=1S/C24H31N5O2.HI/c1-25-24(26-14-7-15-31-18-19-10-12-21(30-3)13-11-19)29(2)17-23-27-16-22(28-23)20-8-5-4-6-9-20;/h4-6,8-13,16H,7,14-15,17-18H2,1-3H3,(H,25,26)(H,27,28);1H. The molecule has 32 heavy (non-hydrogen) atoms. The fraction of sp³-hybridized carbons (Fsp3) is 0.333. The van der Waals surface area contributed by atoms with E-state index in [4.69, 9.17) is 9.47 Å². The molecule has 3 aromatic rings. The highest BCUT2D eigenvalue weighted by Crippen LogP contribution is 2.16. The number of benzene rings is 2. The Kier molecular flexibility index (Phi) is 11.0. The molecule has 3 rings (SSSR count). The highest BCUT2D eigenvalue weighted by molar-refractivity contribution is 14.0. The van der Waals surface area contributed by atoms with Crippen molar-refractivity contribution in [2.75, 3.05) is 34.4 Å². The van der Waals surface area contributed by atoms with Gasteiger partial charge in [-0.2, -0.15) is 0 Å². The van der Waals surface area contributed by atoms with Crippen LogP contribution in [0.5, 0.6) is 5.75 Å². The summed E-state index contributed by atoms with van der Waals surface area (Å²) in [5, 5.41) is 3.38. The zero-order valence-electron chi connectivity index (χ0n) is 18.9. The summed E-state index contributed by atoms with van der Waals surface area (Å²) < 4.78 is 10.9. The maximum Gasteiger partial charge on any atom is 0.193 e. The maximum atomic E-state index is 5.76. The molecule has 0 fully saturated rings. The molecule has 0 aliphatic carbocycles. The number of hydrogen-bond donors (Lipinski definition) is 2. The number of nitrogens with zero attached hydrogens (tertiary/aromatic N) is 3. The first-order valence-corrected chi connectivity index (χ1v) is 10.4. The van der Waals surface area contributed by atoms with Crippen molar-refractivity contribution in [3.63, 3.8) is 0 Å². The van der Waals surface area contributed by atoms with E-state index in [1.165, 1.54) is 0 Å². The first kappa shape index (κ1) is 25.7. The van der Waals surface area contributed by atoms with Gasteiger partial charge in [-0.1, -0.05) is 42.5 Å². The smallest absolute Gasteiger partial charge is 0.193 e. The zero-order chi connectivity index (χ0) is 21.9. The largest absolute Gasteiger partial charge is 0.497 e. The number of hydrogen-bond acceptors (Lipinski definition) is 4. The number of rotatable bonds is 10. The van der Waals surface area contributed by atoms with E-state index >= 15 is 0 Å². The van der Waals surface area contributed by atoms with Crippen LogP contribution in [0.4, 0.5) is 0 Å². The first-order chi connectivity index (χ1) is 15.2. The maximum absolute atomic E-state index is 5.76. The molecular formula is C24H32IN5O2. The molecule has 1 heterocycles. The predicted molar refractivity (Wildman–Crippen MR) is 140 cm³/mol. The fourth-order valence-electron chi connectivity index (χ4n) is 3.18. The first-order valence-electron chi connectivity index (χ1n) is 10.4. The van der Waals surface area contributed by atoms with Crippen LogP contribution in [0.25, 0.3) is 11.3 Å². The molecule has 2 aromatic carbocycles. The van der Waals surface area contributed by atoms with Gasteiger partial charge < -0.3 is 24.7 Å². The summed E-state index contributed by atoms with van der Waals surface area (Å²) >= 11 is 0. The van der Waals surface area contributed by atoms with Crippen molar-refractivity contribution in [1.29, 1.82) is 0 Å². The normalized spacial score (nSPS) is 11.0. The second kappa shape index (κ2) is 13.7. The Morgan fingerprint density at radius 2 is 1.88 bits per heavy atom. The van der Waals surface area contributed by atoms with E-state index in [0.717, 1.165) is 47.3 Å². The van der Waals surface area contributed by atoms with E-state index in [2.05, 4.69) is 32.4 Å². The molecule has 0 aliphatic rings. The van der Waals surface area contributed by atoms with Crippen molar-refractivity contribution >= 4 is 29.9 Å². The van der Waals surface area contributed by atoms with Crippen LogP contribution in [-0.2, 0) is 17.9 Å². The van der Waals surface area contributed by atoms with Gasteiger partial charge in [-0.3, -0.25) is 4.99 Å². The minimum Gasteiger partial charge on any atom is -0.497 e. The Hall–Kier alpha value is -2.59. The van der Waals surface area contributed by atoms with Gasteiger partial charge >= 0.3 is 0 Å². The molecule has 0 unspecified atom stereocenters. The Morgan fingerprint density at radius 1 is 1.12 bits per heavy atom. The van der Waals surface area contributed by atoms with Crippen molar-refractivity contribution in [3.05, 3.63) is 72.2 Å². The molecule has 0 amide bonds. The van der Waals surface area contributed by atoms with E-state index in [1.807, 2.05) is 60.6 Å². The third-order valence-corrected chi connectivity index (χ3v) is 4.85. The Labute approximate surface area is 207 Å². The number of halogens is 1. The summed E-state index contributed by atoms with van der Waals surface area (Å²) in [6.07, 6.45) is 2.76. The van der Waals surface area contributed by atoms with E-state index in [0.29, 0.717) is 19.8 Å². The Balaban J connectivity index is 0.00000363. The molecule has 7 nitrogen and oxygen atoms in total. The molecule has 1 aromatic heterocycles. The lowest BCUT2D eigenvalue weighted by molar-refractivity contribution is 0.119. The van der Waals surface area contributed by atoms with E-state index in [9.17, 15) is 0 Å². The summed E-state index contributed by atoms with van der Waals surface area (Å²) in [6.45, 7) is 2.70. The zero-order valence-corrected chi connectivity index (χ0v) is 21.2. The average molecular weight is 549 g/mol. The van der Waals surface area contributed by atoms with Crippen molar-refractivity contribution < 1.29 is 9.47 Å². The summed E-state index contributed by atoms with van der Waals surface area (Å²) in [7, 11) is 5.46. The number of H-pyrrole nitrogens is 1. The van der Waals surface area contributed by atoms with Crippen LogP contribution in [0.3, 0.4) is 0 Å². The average Bonchev–Trinajstić information content (AvgIpc) is 3.28. The van der Waals surface area contributed by atoms with Gasteiger partial charge in [0.05, 0.1) is 32.2 Å². The van der Waals surface area contributed by atoms with Gasteiger partial charge in [-0.25, -0.2) is 4.98 Å². The monoisotopic (exact) mass is 549 g/mol. The van der Waals surface area contributed by atoms with Crippen LogP contribution in [-0.4, -0.2) is 55.2 Å². The van der Waals surface area contributed by atoms with Gasteiger partial charge in [0.15, 0.2) is 5.96 Å². The molecule has 0 saturated heterocycles. The van der Waals surface area contributed by atoms with Gasteiger partial charge in [0.2, 0.25) is 0 Å². The molecule has 2 N–H and O–H groups in total. The summed E-state index contributed by atoms with van der Waals surface area (Å²) in [5.41, 5.74) is 3.28. The van der Waals surface area contributed by atoms with Gasteiger partial charge in [-0.05, 0) is 29.7 Å². The van der Waals surface area contributed by atoms with Gasteiger partial charge in [0.1, 0.15) is 11.6 Å².